The van der Waals surface area contributed by atoms with Crippen LogP contribution in [0.4, 0.5) is 26.3 Å². The Hall–Kier alpha value is -3.22. The van der Waals surface area contributed by atoms with Crippen LogP contribution < -0.4 is 4.74 Å². The van der Waals surface area contributed by atoms with Gasteiger partial charge in [0.1, 0.15) is 35.4 Å². The van der Waals surface area contributed by atoms with E-state index in [2.05, 4.69) is 6.58 Å². The highest BCUT2D eigenvalue weighted by molar-refractivity contribution is 5.71. The second-order valence-corrected chi connectivity index (χ2v) is 6.13. The summed E-state index contributed by atoms with van der Waals surface area (Å²) >= 11 is 0. The Morgan fingerprint density at radius 2 is 1.31 bits per heavy atom. The molecule has 0 radical (unpaired) electrons. The quantitative estimate of drug-likeness (QED) is 0.326. The first-order chi connectivity index (χ1) is 13.7. The van der Waals surface area contributed by atoms with E-state index in [0.29, 0.717) is 35.6 Å². The van der Waals surface area contributed by atoms with E-state index >= 15 is 0 Å². The highest BCUT2D eigenvalue weighted by atomic mass is 19.4. The maximum absolute atomic E-state index is 14.6. The van der Waals surface area contributed by atoms with Crippen molar-refractivity contribution in [1.29, 1.82) is 0 Å². The highest BCUT2D eigenvalue weighted by Crippen LogP contribution is 2.37. The molecule has 0 aliphatic heterocycles. The number of benzene rings is 3. The Labute approximate surface area is 162 Å². The summed E-state index contributed by atoms with van der Waals surface area (Å²) in [5.41, 5.74) is -1.41. The SMILES string of the molecule is C=CCOc1ccc(-c2ccc(-c3cc(F)c(C(F)(F)F)c(F)c3)c(F)c2)cc1. The van der Waals surface area contributed by atoms with Crippen LogP contribution in [-0.2, 0) is 6.18 Å². The van der Waals surface area contributed by atoms with Crippen LogP contribution in [0.3, 0.4) is 0 Å². The number of halogens is 6. The van der Waals surface area contributed by atoms with Gasteiger partial charge < -0.3 is 4.74 Å². The van der Waals surface area contributed by atoms with Gasteiger partial charge in [-0.3, -0.25) is 0 Å². The van der Waals surface area contributed by atoms with Crippen molar-refractivity contribution in [2.75, 3.05) is 6.61 Å². The zero-order valence-corrected chi connectivity index (χ0v) is 14.9. The second-order valence-electron chi connectivity index (χ2n) is 6.13. The predicted molar refractivity (Wildman–Crippen MR) is 97.9 cm³/mol. The Kier molecular flexibility index (Phi) is 5.68. The normalized spacial score (nSPS) is 11.4. The average Bonchev–Trinajstić information content (AvgIpc) is 2.65. The molecule has 3 aromatic rings. The largest absolute Gasteiger partial charge is 0.490 e. The van der Waals surface area contributed by atoms with Gasteiger partial charge in [-0.1, -0.05) is 36.9 Å². The van der Waals surface area contributed by atoms with E-state index < -0.39 is 29.2 Å². The number of alkyl halides is 3. The van der Waals surface area contributed by atoms with Crippen molar-refractivity contribution in [2.24, 2.45) is 0 Å². The summed E-state index contributed by atoms with van der Waals surface area (Å²) in [6.45, 7) is 3.88. The van der Waals surface area contributed by atoms with Crippen LogP contribution in [0.25, 0.3) is 22.3 Å². The van der Waals surface area contributed by atoms with Crippen molar-refractivity contribution in [3.63, 3.8) is 0 Å². The number of rotatable bonds is 5. The fourth-order valence-electron chi connectivity index (χ4n) is 2.83. The molecule has 3 aromatic carbocycles. The van der Waals surface area contributed by atoms with Crippen LogP contribution in [0.1, 0.15) is 5.56 Å². The molecule has 0 saturated carbocycles. The molecule has 0 fully saturated rings. The van der Waals surface area contributed by atoms with Gasteiger partial charge in [-0.05, 0) is 47.0 Å². The molecule has 0 aliphatic carbocycles. The van der Waals surface area contributed by atoms with Crippen LogP contribution in [0, 0.1) is 17.5 Å². The molecule has 0 unspecified atom stereocenters. The van der Waals surface area contributed by atoms with Gasteiger partial charge >= 0.3 is 6.18 Å². The Morgan fingerprint density at radius 1 is 0.759 bits per heavy atom. The Balaban J connectivity index is 1.93. The van der Waals surface area contributed by atoms with Gasteiger partial charge in [0.05, 0.1) is 0 Å². The minimum absolute atomic E-state index is 0.216. The lowest BCUT2D eigenvalue weighted by Crippen LogP contribution is -2.11. The van der Waals surface area contributed by atoms with E-state index in [9.17, 15) is 26.3 Å². The fourth-order valence-corrected chi connectivity index (χ4v) is 2.83. The van der Waals surface area contributed by atoms with Crippen molar-refractivity contribution >= 4 is 0 Å². The van der Waals surface area contributed by atoms with E-state index in [1.807, 2.05) is 0 Å². The monoisotopic (exact) mass is 408 g/mol. The van der Waals surface area contributed by atoms with Crippen LogP contribution in [-0.4, -0.2) is 6.61 Å². The fraction of sp³-hybridized carbons (Fsp3) is 0.0909. The summed E-state index contributed by atoms with van der Waals surface area (Å²) in [6.07, 6.45) is -3.59. The third kappa shape index (κ3) is 4.45. The molecule has 0 N–H and O–H groups in total. The van der Waals surface area contributed by atoms with Crippen LogP contribution >= 0.6 is 0 Å². The first kappa shape index (κ1) is 20.5. The highest BCUT2D eigenvalue weighted by Gasteiger charge is 2.38. The third-order valence-corrected chi connectivity index (χ3v) is 4.16. The van der Waals surface area contributed by atoms with Crippen molar-refractivity contribution in [3.05, 3.63) is 90.3 Å². The van der Waals surface area contributed by atoms with E-state index in [4.69, 9.17) is 4.74 Å². The van der Waals surface area contributed by atoms with Gasteiger partial charge in [0.15, 0.2) is 0 Å². The number of hydrogen-bond acceptors (Lipinski definition) is 1. The van der Waals surface area contributed by atoms with Gasteiger partial charge in [0.25, 0.3) is 0 Å². The Morgan fingerprint density at radius 3 is 1.83 bits per heavy atom. The second kappa shape index (κ2) is 8.03. The van der Waals surface area contributed by atoms with Gasteiger partial charge in [-0.15, -0.1) is 0 Å². The van der Waals surface area contributed by atoms with Crippen LogP contribution in [0.15, 0.2) is 67.3 Å². The van der Waals surface area contributed by atoms with Crippen molar-refractivity contribution in [3.8, 4) is 28.0 Å². The molecule has 0 spiro atoms. The summed E-state index contributed by atoms with van der Waals surface area (Å²) in [4.78, 5) is 0. The van der Waals surface area contributed by atoms with Crippen LogP contribution in [0.2, 0.25) is 0 Å². The lowest BCUT2D eigenvalue weighted by atomic mass is 9.98. The topological polar surface area (TPSA) is 9.23 Å². The molecule has 0 aromatic heterocycles. The minimum Gasteiger partial charge on any atom is -0.490 e. The van der Waals surface area contributed by atoms with E-state index in [1.165, 1.54) is 12.1 Å². The molecule has 3 rings (SSSR count). The molecule has 7 heteroatoms. The molecule has 29 heavy (non-hydrogen) atoms. The van der Waals surface area contributed by atoms with Crippen molar-refractivity contribution < 1.29 is 31.1 Å². The molecule has 0 aliphatic rings. The summed E-state index contributed by atoms with van der Waals surface area (Å²) in [6, 6.07) is 11.6. The zero-order valence-electron chi connectivity index (χ0n) is 14.9. The number of ether oxygens (including phenoxy) is 1. The molecule has 0 saturated heterocycles. The summed E-state index contributed by atoms with van der Waals surface area (Å²) in [5.74, 6) is -3.83. The average molecular weight is 408 g/mol. The maximum Gasteiger partial charge on any atom is 0.422 e. The number of hydrogen-bond donors (Lipinski definition) is 0. The van der Waals surface area contributed by atoms with E-state index in [0.717, 1.165) is 6.07 Å². The Bertz CT molecular complexity index is 1020. The molecular weight excluding hydrogens is 394 g/mol. The van der Waals surface area contributed by atoms with Gasteiger partial charge in [-0.25, -0.2) is 13.2 Å². The molecule has 150 valence electrons. The summed E-state index contributed by atoms with van der Waals surface area (Å²) < 4.78 is 85.6. The molecule has 0 bridgehead atoms. The maximum atomic E-state index is 14.6. The first-order valence-electron chi connectivity index (χ1n) is 8.41. The van der Waals surface area contributed by atoms with E-state index in [-0.39, 0.29) is 11.1 Å². The lowest BCUT2D eigenvalue weighted by molar-refractivity contribution is -0.142. The van der Waals surface area contributed by atoms with E-state index in [1.54, 1.807) is 30.3 Å². The van der Waals surface area contributed by atoms with Gasteiger partial charge in [-0.2, -0.15) is 13.2 Å². The zero-order chi connectivity index (χ0) is 21.2. The lowest BCUT2D eigenvalue weighted by Gasteiger charge is -2.12. The smallest absolute Gasteiger partial charge is 0.422 e. The molecular formula is C22H14F6O. The first-order valence-corrected chi connectivity index (χ1v) is 8.41. The van der Waals surface area contributed by atoms with Gasteiger partial charge in [0.2, 0.25) is 0 Å². The van der Waals surface area contributed by atoms with Gasteiger partial charge in [0, 0.05) is 5.56 Å². The summed E-state index contributed by atoms with van der Waals surface area (Å²) in [7, 11) is 0. The minimum atomic E-state index is -5.18. The molecule has 1 nitrogen and oxygen atoms in total. The predicted octanol–water partition coefficient (Wildman–Crippen LogP) is 7.02. The molecule has 0 heterocycles. The van der Waals surface area contributed by atoms with Crippen LogP contribution in [0.5, 0.6) is 5.75 Å². The molecule has 0 atom stereocenters. The summed E-state index contributed by atoms with van der Waals surface area (Å²) in [5, 5.41) is 0. The standard InChI is InChI=1S/C22H14F6O/c1-2-9-29-16-6-3-13(4-7-16)14-5-8-17(18(23)10-14)15-11-19(24)21(20(25)12-15)22(26,27)28/h2-8,10-12H,1,9H2. The van der Waals surface area contributed by atoms with Crippen molar-refractivity contribution in [1.82, 2.24) is 0 Å². The molecule has 0 amide bonds. The van der Waals surface area contributed by atoms with Crippen molar-refractivity contribution in [2.45, 2.75) is 6.18 Å². The third-order valence-electron chi connectivity index (χ3n) is 4.16.